The number of alkyl halides is 1. The molecular weight excluding hydrogens is 286 g/mol. The fourth-order valence-corrected chi connectivity index (χ4v) is 2.07. The summed E-state index contributed by atoms with van der Waals surface area (Å²) in [6, 6.07) is 15.9. The molecule has 0 radical (unpaired) electrons. The molecule has 21 heavy (non-hydrogen) atoms. The van der Waals surface area contributed by atoms with Gasteiger partial charge in [0.15, 0.2) is 0 Å². The highest BCUT2D eigenvalue weighted by Gasteiger charge is 1.96. The first-order chi connectivity index (χ1) is 10.3. The van der Waals surface area contributed by atoms with E-state index in [1.165, 1.54) is 5.56 Å². The van der Waals surface area contributed by atoms with Crippen molar-refractivity contribution in [1.82, 2.24) is 5.32 Å². The van der Waals surface area contributed by atoms with E-state index in [4.69, 9.17) is 21.1 Å². The van der Waals surface area contributed by atoms with E-state index in [1.807, 2.05) is 24.3 Å². The Morgan fingerprint density at radius 2 is 1.52 bits per heavy atom. The summed E-state index contributed by atoms with van der Waals surface area (Å²) in [6.45, 7) is 2.25. The topological polar surface area (TPSA) is 30.5 Å². The maximum atomic E-state index is 5.76. The highest BCUT2D eigenvalue weighted by Crippen LogP contribution is 2.16. The average molecular weight is 306 g/mol. The Kier molecular flexibility index (Phi) is 6.38. The summed E-state index contributed by atoms with van der Waals surface area (Å²) in [7, 11) is 1.65. The number of benzene rings is 2. The second-order valence-electron chi connectivity index (χ2n) is 4.65. The van der Waals surface area contributed by atoms with Gasteiger partial charge >= 0.3 is 0 Å². The number of halogens is 1. The number of nitrogens with one attached hydrogen (secondary N) is 1. The first-order valence-corrected chi connectivity index (χ1v) is 7.46. The van der Waals surface area contributed by atoms with E-state index in [1.54, 1.807) is 7.11 Å². The molecule has 2 aromatic rings. The second kappa shape index (κ2) is 8.55. The van der Waals surface area contributed by atoms with Crippen LogP contribution in [0.1, 0.15) is 11.1 Å². The van der Waals surface area contributed by atoms with Crippen LogP contribution >= 0.6 is 11.6 Å². The van der Waals surface area contributed by atoms with Crippen molar-refractivity contribution < 1.29 is 9.47 Å². The molecule has 0 fully saturated rings. The van der Waals surface area contributed by atoms with E-state index in [0.29, 0.717) is 12.5 Å². The number of rotatable bonds is 8. The van der Waals surface area contributed by atoms with Gasteiger partial charge in [-0.1, -0.05) is 24.3 Å². The summed E-state index contributed by atoms with van der Waals surface area (Å²) in [5.74, 6) is 2.24. The van der Waals surface area contributed by atoms with Crippen LogP contribution in [0.3, 0.4) is 0 Å². The minimum atomic E-state index is 0.559. The molecule has 1 N–H and O–H groups in total. The Morgan fingerprint density at radius 3 is 2.14 bits per heavy atom. The van der Waals surface area contributed by atoms with Crippen LogP contribution in [0.4, 0.5) is 0 Å². The van der Waals surface area contributed by atoms with Crippen LogP contribution in [-0.2, 0) is 12.4 Å². The molecule has 112 valence electrons. The summed E-state index contributed by atoms with van der Waals surface area (Å²) < 4.78 is 10.7. The number of hydrogen-bond donors (Lipinski definition) is 1. The zero-order valence-corrected chi connectivity index (χ0v) is 12.9. The predicted octanol–water partition coefficient (Wildman–Crippen LogP) is 3.60. The van der Waals surface area contributed by atoms with Crippen molar-refractivity contribution in [2.75, 3.05) is 20.3 Å². The molecule has 4 heteroatoms. The van der Waals surface area contributed by atoms with Gasteiger partial charge in [-0.3, -0.25) is 0 Å². The summed E-state index contributed by atoms with van der Waals surface area (Å²) in [6.07, 6.45) is 0. The molecule has 0 unspecified atom stereocenters. The van der Waals surface area contributed by atoms with Gasteiger partial charge in [-0.15, -0.1) is 11.6 Å². The SMILES string of the molecule is COc1ccc(OCCNCc2ccc(CCl)cc2)cc1. The molecule has 3 nitrogen and oxygen atoms in total. The fraction of sp³-hybridized carbons (Fsp3) is 0.294. The third-order valence-corrected chi connectivity index (χ3v) is 3.42. The van der Waals surface area contributed by atoms with Gasteiger partial charge in [-0.2, -0.15) is 0 Å². The Balaban J connectivity index is 1.64. The molecule has 0 aliphatic rings. The van der Waals surface area contributed by atoms with Crippen molar-refractivity contribution >= 4 is 11.6 Å². The molecule has 0 aliphatic heterocycles. The molecule has 0 spiro atoms. The summed E-state index contributed by atoms with van der Waals surface area (Å²) in [5.41, 5.74) is 2.39. The lowest BCUT2D eigenvalue weighted by atomic mass is 10.1. The van der Waals surface area contributed by atoms with Gasteiger partial charge in [0.25, 0.3) is 0 Å². The van der Waals surface area contributed by atoms with E-state index in [-0.39, 0.29) is 0 Å². The van der Waals surface area contributed by atoms with Crippen molar-refractivity contribution in [3.05, 3.63) is 59.7 Å². The molecule has 2 rings (SSSR count). The first kappa shape index (κ1) is 15.7. The largest absolute Gasteiger partial charge is 0.497 e. The lowest BCUT2D eigenvalue weighted by Crippen LogP contribution is -2.20. The fourth-order valence-electron chi connectivity index (χ4n) is 1.89. The lowest BCUT2D eigenvalue weighted by molar-refractivity contribution is 0.313. The standard InChI is InChI=1S/C17H20ClNO2/c1-20-16-6-8-17(9-7-16)21-11-10-19-13-15-4-2-14(12-18)3-5-15/h2-9,19H,10-13H2,1H3. The van der Waals surface area contributed by atoms with Crippen molar-refractivity contribution in [3.63, 3.8) is 0 Å². The van der Waals surface area contributed by atoms with Crippen LogP contribution in [0.25, 0.3) is 0 Å². The minimum absolute atomic E-state index is 0.559. The lowest BCUT2D eigenvalue weighted by Gasteiger charge is -2.08. The van der Waals surface area contributed by atoms with Gasteiger partial charge in [-0.05, 0) is 35.4 Å². The maximum absolute atomic E-state index is 5.76. The third kappa shape index (κ3) is 5.29. The van der Waals surface area contributed by atoms with Crippen molar-refractivity contribution in [3.8, 4) is 11.5 Å². The van der Waals surface area contributed by atoms with Crippen LogP contribution in [0, 0.1) is 0 Å². The molecule has 0 saturated heterocycles. The molecular formula is C17H20ClNO2. The van der Waals surface area contributed by atoms with Crippen LogP contribution in [0.2, 0.25) is 0 Å². The highest BCUT2D eigenvalue weighted by molar-refractivity contribution is 6.17. The maximum Gasteiger partial charge on any atom is 0.119 e. The van der Waals surface area contributed by atoms with Crippen molar-refractivity contribution in [1.29, 1.82) is 0 Å². The van der Waals surface area contributed by atoms with Gasteiger partial charge in [0.05, 0.1) is 7.11 Å². The zero-order chi connectivity index (χ0) is 14.9. The molecule has 0 amide bonds. The molecule has 0 saturated carbocycles. The van der Waals surface area contributed by atoms with Crippen LogP contribution in [0.5, 0.6) is 11.5 Å². The quantitative estimate of drug-likeness (QED) is 0.597. The van der Waals surface area contributed by atoms with Crippen LogP contribution in [0.15, 0.2) is 48.5 Å². The minimum Gasteiger partial charge on any atom is -0.497 e. The Labute approximate surface area is 130 Å². The van der Waals surface area contributed by atoms with Crippen molar-refractivity contribution in [2.24, 2.45) is 0 Å². The van der Waals surface area contributed by atoms with Crippen LogP contribution < -0.4 is 14.8 Å². The average Bonchev–Trinajstić information content (AvgIpc) is 2.55. The van der Waals surface area contributed by atoms with Gasteiger partial charge in [0.1, 0.15) is 18.1 Å². The molecule has 0 aliphatic carbocycles. The highest BCUT2D eigenvalue weighted by atomic mass is 35.5. The van der Waals surface area contributed by atoms with E-state index in [2.05, 4.69) is 29.6 Å². The smallest absolute Gasteiger partial charge is 0.119 e. The first-order valence-electron chi connectivity index (χ1n) is 6.93. The Hall–Kier alpha value is -1.71. The number of ether oxygens (including phenoxy) is 2. The molecule has 2 aromatic carbocycles. The summed E-state index contributed by atoms with van der Waals surface area (Å²) in [4.78, 5) is 0. The normalized spacial score (nSPS) is 10.4. The van der Waals surface area contributed by atoms with E-state index in [9.17, 15) is 0 Å². The summed E-state index contributed by atoms with van der Waals surface area (Å²) in [5, 5.41) is 3.35. The zero-order valence-electron chi connectivity index (χ0n) is 12.1. The van der Waals surface area contributed by atoms with E-state index >= 15 is 0 Å². The van der Waals surface area contributed by atoms with E-state index in [0.717, 1.165) is 30.2 Å². The van der Waals surface area contributed by atoms with E-state index < -0.39 is 0 Å². The molecule has 0 atom stereocenters. The van der Waals surface area contributed by atoms with Crippen LogP contribution in [-0.4, -0.2) is 20.3 Å². The van der Waals surface area contributed by atoms with Gasteiger partial charge in [0.2, 0.25) is 0 Å². The van der Waals surface area contributed by atoms with Gasteiger partial charge < -0.3 is 14.8 Å². The van der Waals surface area contributed by atoms with Gasteiger partial charge in [-0.25, -0.2) is 0 Å². The second-order valence-corrected chi connectivity index (χ2v) is 4.92. The Bertz CT molecular complexity index is 476. The number of methoxy groups -OCH3 is 1. The molecule has 0 aromatic heterocycles. The monoisotopic (exact) mass is 305 g/mol. The summed E-state index contributed by atoms with van der Waals surface area (Å²) >= 11 is 5.76. The molecule has 0 heterocycles. The predicted molar refractivity (Wildman–Crippen MR) is 86.2 cm³/mol. The van der Waals surface area contributed by atoms with Gasteiger partial charge in [0, 0.05) is 19.0 Å². The van der Waals surface area contributed by atoms with Crippen molar-refractivity contribution in [2.45, 2.75) is 12.4 Å². The number of hydrogen-bond acceptors (Lipinski definition) is 3. The molecule has 0 bridgehead atoms. The third-order valence-electron chi connectivity index (χ3n) is 3.11. The Morgan fingerprint density at radius 1 is 0.905 bits per heavy atom.